The maximum atomic E-state index is 12.3. The predicted octanol–water partition coefficient (Wildman–Crippen LogP) is 1.67. The van der Waals surface area contributed by atoms with Crippen molar-refractivity contribution in [2.75, 3.05) is 18.9 Å². The van der Waals surface area contributed by atoms with Crippen LogP contribution in [0.1, 0.15) is 31.7 Å². The van der Waals surface area contributed by atoms with Gasteiger partial charge in [0.2, 0.25) is 10.0 Å². The first-order valence-corrected chi connectivity index (χ1v) is 8.08. The fourth-order valence-corrected chi connectivity index (χ4v) is 3.42. The van der Waals surface area contributed by atoms with E-state index in [1.54, 1.807) is 6.07 Å². The molecule has 5 nitrogen and oxygen atoms in total. The number of rotatable bonds is 5. The fraction of sp³-hybridized carbons (Fsp3) is 0.538. The van der Waals surface area contributed by atoms with E-state index in [4.69, 9.17) is 10.5 Å². The van der Waals surface area contributed by atoms with Crippen molar-refractivity contribution in [1.82, 2.24) is 4.72 Å². The van der Waals surface area contributed by atoms with Gasteiger partial charge in [0.15, 0.2) is 0 Å². The highest BCUT2D eigenvalue weighted by Gasteiger charge is 2.24. The zero-order valence-electron chi connectivity index (χ0n) is 11.1. The number of benzene rings is 1. The van der Waals surface area contributed by atoms with Gasteiger partial charge in [-0.2, -0.15) is 0 Å². The SMILES string of the molecule is CCCCNS(=O)(=O)c1cc(N)cc2c1OCCC2. The van der Waals surface area contributed by atoms with E-state index in [9.17, 15) is 8.42 Å². The molecule has 0 saturated heterocycles. The molecule has 0 unspecified atom stereocenters. The standard InChI is InChI=1S/C13H20N2O3S/c1-2-3-6-15-19(16,17)12-9-11(14)8-10-5-4-7-18-13(10)12/h8-9,15H,2-7,14H2,1H3. The lowest BCUT2D eigenvalue weighted by Crippen LogP contribution is -2.26. The summed E-state index contributed by atoms with van der Waals surface area (Å²) in [5.41, 5.74) is 7.12. The molecule has 1 aromatic rings. The normalized spacial score (nSPS) is 14.8. The Balaban J connectivity index is 2.35. The lowest BCUT2D eigenvalue weighted by Gasteiger charge is -2.21. The quantitative estimate of drug-likeness (QED) is 0.636. The summed E-state index contributed by atoms with van der Waals surface area (Å²) in [4.78, 5) is 0.165. The molecule has 19 heavy (non-hydrogen) atoms. The van der Waals surface area contributed by atoms with Gasteiger partial charge in [0, 0.05) is 12.2 Å². The number of nitrogens with one attached hydrogen (secondary N) is 1. The number of ether oxygens (including phenoxy) is 1. The lowest BCUT2D eigenvalue weighted by atomic mass is 10.1. The minimum atomic E-state index is -3.55. The summed E-state index contributed by atoms with van der Waals surface area (Å²) in [7, 11) is -3.55. The third-order valence-corrected chi connectivity index (χ3v) is 4.57. The number of hydrogen-bond donors (Lipinski definition) is 2. The molecule has 0 amide bonds. The largest absolute Gasteiger partial charge is 0.492 e. The van der Waals surface area contributed by atoms with Crippen molar-refractivity contribution < 1.29 is 13.2 Å². The summed E-state index contributed by atoms with van der Waals surface area (Å²) in [5.74, 6) is 0.462. The van der Waals surface area contributed by atoms with E-state index < -0.39 is 10.0 Å². The van der Waals surface area contributed by atoms with Gasteiger partial charge in [-0.05, 0) is 37.0 Å². The second-order valence-corrected chi connectivity index (χ2v) is 6.45. The van der Waals surface area contributed by atoms with E-state index in [1.165, 1.54) is 6.07 Å². The van der Waals surface area contributed by atoms with Crippen LogP contribution in [0.4, 0.5) is 5.69 Å². The summed E-state index contributed by atoms with van der Waals surface area (Å²) in [6.07, 6.45) is 3.44. The zero-order chi connectivity index (χ0) is 13.9. The number of anilines is 1. The van der Waals surface area contributed by atoms with Crippen molar-refractivity contribution >= 4 is 15.7 Å². The van der Waals surface area contributed by atoms with Crippen LogP contribution in [0.2, 0.25) is 0 Å². The van der Waals surface area contributed by atoms with Crippen LogP contribution in [0.3, 0.4) is 0 Å². The fourth-order valence-electron chi connectivity index (χ4n) is 2.13. The Bertz CT molecular complexity index is 555. The molecule has 1 aromatic carbocycles. The van der Waals surface area contributed by atoms with Gasteiger partial charge in [0.05, 0.1) is 6.61 Å². The van der Waals surface area contributed by atoms with Crippen molar-refractivity contribution in [3.8, 4) is 5.75 Å². The Morgan fingerprint density at radius 2 is 2.21 bits per heavy atom. The number of fused-ring (bicyclic) bond motifs is 1. The van der Waals surface area contributed by atoms with E-state index in [0.29, 0.717) is 24.6 Å². The summed E-state index contributed by atoms with van der Waals surface area (Å²) >= 11 is 0. The molecule has 1 heterocycles. The molecule has 0 radical (unpaired) electrons. The highest BCUT2D eigenvalue weighted by atomic mass is 32.2. The lowest BCUT2D eigenvalue weighted by molar-refractivity contribution is 0.280. The van der Waals surface area contributed by atoms with Crippen LogP contribution >= 0.6 is 0 Å². The molecule has 0 spiro atoms. The van der Waals surface area contributed by atoms with Gasteiger partial charge in [-0.3, -0.25) is 0 Å². The van der Waals surface area contributed by atoms with Crippen LogP contribution in [-0.2, 0) is 16.4 Å². The second kappa shape index (κ2) is 5.79. The number of aryl methyl sites for hydroxylation is 1. The molecule has 0 aromatic heterocycles. The van der Waals surface area contributed by atoms with Crippen LogP contribution in [-0.4, -0.2) is 21.6 Å². The van der Waals surface area contributed by atoms with E-state index >= 15 is 0 Å². The molecule has 6 heteroatoms. The average Bonchev–Trinajstić information content (AvgIpc) is 2.38. The molecule has 2 rings (SSSR count). The maximum absolute atomic E-state index is 12.3. The first kappa shape index (κ1) is 14.1. The Morgan fingerprint density at radius 3 is 2.95 bits per heavy atom. The Kier molecular flexibility index (Phi) is 4.31. The summed E-state index contributed by atoms with van der Waals surface area (Å²) in [6.45, 7) is 3.00. The molecule has 0 atom stereocenters. The minimum absolute atomic E-state index is 0.165. The molecule has 0 bridgehead atoms. The van der Waals surface area contributed by atoms with Crippen molar-refractivity contribution in [2.45, 2.75) is 37.5 Å². The van der Waals surface area contributed by atoms with Gasteiger partial charge in [0.1, 0.15) is 10.6 Å². The van der Waals surface area contributed by atoms with Crippen LogP contribution in [0.25, 0.3) is 0 Å². The van der Waals surface area contributed by atoms with Crippen LogP contribution in [0.15, 0.2) is 17.0 Å². The molecular weight excluding hydrogens is 264 g/mol. The molecule has 1 aliphatic rings. The molecular formula is C13H20N2O3S. The number of nitrogens with two attached hydrogens (primary N) is 1. The third kappa shape index (κ3) is 3.19. The summed E-state index contributed by atoms with van der Waals surface area (Å²) in [6, 6.07) is 3.26. The number of sulfonamides is 1. The molecule has 106 valence electrons. The number of unbranched alkanes of at least 4 members (excludes halogenated alkanes) is 1. The first-order valence-electron chi connectivity index (χ1n) is 6.59. The second-order valence-electron chi connectivity index (χ2n) is 4.71. The predicted molar refractivity (Wildman–Crippen MR) is 74.8 cm³/mol. The van der Waals surface area contributed by atoms with E-state index in [2.05, 4.69) is 4.72 Å². The van der Waals surface area contributed by atoms with Crippen molar-refractivity contribution in [2.24, 2.45) is 0 Å². The molecule has 0 saturated carbocycles. The monoisotopic (exact) mass is 284 g/mol. The Labute approximate surface area is 114 Å². The van der Waals surface area contributed by atoms with Gasteiger partial charge in [0.25, 0.3) is 0 Å². The zero-order valence-corrected chi connectivity index (χ0v) is 11.9. The van der Waals surface area contributed by atoms with Crippen LogP contribution < -0.4 is 15.2 Å². The molecule has 3 N–H and O–H groups in total. The van der Waals surface area contributed by atoms with Crippen molar-refractivity contribution in [3.05, 3.63) is 17.7 Å². The van der Waals surface area contributed by atoms with Gasteiger partial charge in [-0.1, -0.05) is 13.3 Å². The highest BCUT2D eigenvalue weighted by molar-refractivity contribution is 7.89. The van der Waals surface area contributed by atoms with Gasteiger partial charge in [-0.25, -0.2) is 13.1 Å². The van der Waals surface area contributed by atoms with Crippen molar-refractivity contribution in [3.63, 3.8) is 0 Å². The van der Waals surface area contributed by atoms with E-state index in [-0.39, 0.29) is 4.90 Å². The Morgan fingerprint density at radius 1 is 1.42 bits per heavy atom. The topological polar surface area (TPSA) is 81.4 Å². The maximum Gasteiger partial charge on any atom is 0.244 e. The van der Waals surface area contributed by atoms with Gasteiger partial charge >= 0.3 is 0 Å². The van der Waals surface area contributed by atoms with E-state index in [1.807, 2.05) is 6.92 Å². The van der Waals surface area contributed by atoms with Gasteiger partial charge in [-0.15, -0.1) is 0 Å². The highest BCUT2D eigenvalue weighted by Crippen LogP contribution is 2.34. The van der Waals surface area contributed by atoms with E-state index in [0.717, 1.165) is 31.2 Å². The summed E-state index contributed by atoms with van der Waals surface area (Å²) in [5, 5.41) is 0. The van der Waals surface area contributed by atoms with Gasteiger partial charge < -0.3 is 10.5 Å². The molecule has 1 aliphatic heterocycles. The van der Waals surface area contributed by atoms with Crippen LogP contribution in [0, 0.1) is 0 Å². The Hall–Kier alpha value is -1.27. The molecule has 0 fully saturated rings. The van der Waals surface area contributed by atoms with Crippen molar-refractivity contribution in [1.29, 1.82) is 0 Å². The first-order chi connectivity index (χ1) is 9.04. The van der Waals surface area contributed by atoms with Crippen LogP contribution in [0.5, 0.6) is 5.75 Å². The average molecular weight is 284 g/mol. The summed E-state index contributed by atoms with van der Waals surface area (Å²) < 4.78 is 32.7. The smallest absolute Gasteiger partial charge is 0.244 e. The third-order valence-electron chi connectivity index (χ3n) is 3.10. The number of nitrogen functional groups attached to an aromatic ring is 1. The minimum Gasteiger partial charge on any atom is -0.492 e. The molecule has 0 aliphatic carbocycles. The number of hydrogen-bond acceptors (Lipinski definition) is 4.